The van der Waals surface area contributed by atoms with E-state index in [9.17, 15) is 4.79 Å². The number of ether oxygens (including phenoxy) is 1. The maximum atomic E-state index is 12.0. The lowest BCUT2D eigenvalue weighted by Gasteiger charge is -2.09. The molecule has 20 heavy (non-hydrogen) atoms. The van der Waals surface area contributed by atoms with Gasteiger partial charge in [-0.15, -0.1) is 0 Å². The van der Waals surface area contributed by atoms with E-state index in [2.05, 4.69) is 5.32 Å². The van der Waals surface area contributed by atoms with Crippen LogP contribution in [-0.4, -0.2) is 13.0 Å². The molecule has 2 rings (SSSR count). The highest BCUT2D eigenvalue weighted by molar-refractivity contribution is 6.03. The summed E-state index contributed by atoms with van der Waals surface area (Å²) in [5.74, 6) is 1.07. The van der Waals surface area contributed by atoms with Gasteiger partial charge in [-0.25, -0.2) is 0 Å². The van der Waals surface area contributed by atoms with E-state index in [1.54, 1.807) is 30.3 Å². The highest BCUT2D eigenvalue weighted by Gasteiger charge is 2.13. The molecule has 5 heteroatoms. The van der Waals surface area contributed by atoms with Gasteiger partial charge in [0.1, 0.15) is 11.5 Å². The van der Waals surface area contributed by atoms with Crippen molar-refractivity contribution in [3.05, 3.63) is 47.4 Å². The number of aryl methyl sites for hydroxylation is 1. The van der Waals surface area contributed by atoms with E-state index in [4.69, 9.17) is 14.4 Å². The summed E-state index contributed by atoms with van der Waals surface area (Å²) in [5.41, 5.74) is 0.956. The quantitative estimate of drug-likeness (QED) is 0.926. The largest absolute Gasteiger partial charge is 0.495 e. The minimum absolute atomic E-state index is 0.244. The summed E-state index contributed by atoms with van der Waals surface area (Å²) in [6.07, 6.45) is 0.730. The molecule has 1 N–H and O–H groups in total. The number of nitriles is 1. The van der Waals surface area contributed by atoms with E-state index in [-0.39, 0.29) is 11.7 Å². The van der Waals surface area contributed by atoms with Gasteiger partial charge in [0.2, 0.25) is 0 Å². The standard InChI is InChI=1S/C15H14N2O3/c1-3-11-5-7-13(20-11)15(18)17-12-6-4-10(9-16)8-14(12)19-2/h4-8H,3H2,1-2H3,(H,17,18). The average molecular weight is 270 g/mol. The van der Waals surface area contributed by atoms with Crippen molar-refractivity contribution in [3.63, 3.8) is 0 Å². The Labute approximate surface area is 116 Å². The Morgan fingerprint density at radius 1 is 1.40 bits per heavy atom. The van der Waals surface area contributed by atoms with Crippen molar-refractivity contribution in [2.24, 2.45) is 0 Å². The summed E-state index contributed by atoms with van der Waals surface area (Å²) in [5, 5.41) is 11.5. The van der Waals surface area contributed by atoms with Gasteiger partial charge in [0.25, 0.3) is 5.91 Å². The maximum absolute atomic E-state index is 12.0. The van der Waals surface area contributed by atoms with Crippen LogP contribution >= 0.6 is 0 Å². The van der Waals surface area contributed by atoms with Crippen molar-refractivity contribution in [2.75, 3.05) is 12.4 Å². The van der Waals surface area contributed by atoms with Crippen LogP contribution in [0.15, 0.2) is 34.7 Å². The van der Waals surface area contributed by atoms with E-state index >= 15 is 0 Å². The SMILES string of the molecule is CCc1ccc(C(=O)Nc2ccc(C#N)cc2OC)o1. The number of rotatable bonds is 4. The van der Waals surface area contributed by atoms with Gasteiger partial charge in [-0.3, -0.25) is 4.79 Å². The molecule has 0 spiro atoms. The van der Waals surface area contributed by atoms with Gasteiger partial charge >= 0.3 is 0 Å². The second-order valence-electron chi connectivity index (χ2n) is 4.10. The third-order valence-electron chi connectivity index (χ3n) is 2.81. The smallest absolute Gasteiger partial charge is 0.291 e. The number of anilines is 1. The molecule has 1 aromatic carbocycles. The molecule has 0 unspecified atom stereocenters. The number of furan rings is 1. The third-order valence-corrected chi connectivity index (χ3v) is 2.81. The first-order valence-corrected chi connectivity index (χ1v) is 6.16. The van der Waals surface area contributed by atoms with E-state index in [1.807, 2.05) is 13.0 Å². The summed E-state index contributed by atoms with van der Waals surface area (Å²) < 4.78 is 10.5. The molecular weight excluding hydrogens is 256 g/mol. The fraction of sp³-hybridized carbons (Fsp3) is 0.200. The van der Waals surface area contributed by atoms with Crippen molar-refractivity contribution in [1.82, 2.24) is 0 Å². The molecule has 0 aliphatic rings. The van der Waals surface area contributed by atoms with Crippen LogP contribution in [0.5, 0.6) is 5.75 Å². The predicted molar refractivity (Wildman–Crippen MR) is 73.7 cm³/mol. The lowest BCUT2D eigenvalue weighted by molar-refractivity contribution is 0.0994. The minimum Gasteiger partial charge on any atom is -0.495 e. The summed E-state index contributed by atoms with van der Waals surface area (Å²) in [6, 6.07) is 10.2. The zero-order valence-corrected chi connectivity index (χ0v) is 11.3. The number of carbonyl (C=O) groups excluding carboxylic acids is 1. The molecule has 5 nitrogen and oxygen atoms in total. The monoisotopic (exact) mass is 270 g/mol. The Morgan fingerprint density at radius 2 is 2.20 bits per heavy atom. The van der Waals surface area contributed by atoms with Crippen molar-refractivity contribution >= 4 is 11.6 Å². The zero-order chi connectivity index (χ0) is 14.5. The van der Waals surface area contributed by atoms with Crippen LogP contribution in [0.2, 0.25) is 0 Å². The molecule has 0 aliphatic heterocycles. The van der Waals surface area contributed by atoms with E-state index in [1.165, 1.54) is 7.11 Å². The van der Waals surface area contributed by atoms with Crippen LogP contribution in [-0.2, 0) is 6.42 Å². The topological polar surface area (TPSA) is 75.3 Å². The highest BCUT2D eigenvalue weighted by Crippen LogP contribution is 2.26. The van der Waals surface area contributed by atoms with Gasteiger partial charge in [-0.2, -0.15) is 5.26 Å². The lowest BCUT2D eigenvalue weighted by atomic mass is 10.2. The van der Waals surface area contributed by atoms with Crippen LogP contribution in [0, 0.1) is 11.3 Å². The highest BCUT2D eigenvalue weighted by atomic mass is 16.5. The first kappa shape index (κ1) is 13.7. The van der Waals surface area contributed by atoms with Crippen molar-refractivity contribution in [2.45, 2.75) is 13.3 Å². The Hall–Kier alpha value is -2.74. The lowest BCUT2D eigenvalue weighted by Crippen LogP contribution is -2.11. The Balaban J connectivity index is 2.21. The summed E-state index contributed by atoms with van der Waals surface area (Å²) in [6.45, 7) is 1.95. The van der Waals surface area contributed by atoms with Gasteiger partial charge in [0.15, 0.2) is 5.76 Å². The number of hydrogen-bond donors (Lipinski definition) is 1. The van der Waals surface area contributed by atoms with Gasteiger partial charge in [0.05, 0.1) is 24.4 Å². The van der Waals surface area contributed by atoms with Crippen molar-refractivity contribution in [1.29, 1.82) is 5.26 Å². The number of nitrogens with one attached hydrogen (secondary N) is 1. The van der Waals surface area contributed by atoms with Gasteiger partial charge < -0.3 is 14.5 Å². The summed E-state index contributed by atoms with van der Waals surface area (Å²) >= 11 is 0. The minimum atomic E-state index is -0.354. The second-order valence-corrected chi connectivity index (χ2v) is 4.10. The number of amides is 1. The Morgan fingerprint density at radius 3 is 2.80 bits per heavy atom. The van der Waals surface area contributed by atoms with Gasteiger partial charge in [0, 0.05) is 12.5 Å². The molecule has 0 aliphatic carbocycles. The number of carbonyl (C=O) groups is 1. The molecule has 1 amide bonds. The molecule has 0 bridgehead atoms. The normalized spacial score (nSPS) is 9.85. The predicted octanol–water partition coefficient (Wildman–Crippen LogP) is 2.97. The van der Waals surface area contributed by atoms with Crippen LogP contribution in [0.3, 0.4) is 0 Å². The first-order chi connectivity index (χ1) is 9.67. The Kier molecular flexibility index (Phi) is 4.06. The fourth-order valence-corrected chi connectivity index (χ4v) is 1.74. The summed E-state index contributed by atoms with van der Waals surface area (Å²) in [4.78, 5) is 12.0. The molecule has 102 valence electrons. The number of benzene rings is 1. The van der Waals surface area contributed by atoms with E-state index in [0.717, 1.165) is 12.2 Å². The zero-order valence-electron chi connectivity index (χ0n) is 11.3. The van der Waals surface area contributed by atoms with Crippen LogP contribution in [0.1, 0.15) is 28.8 Å². The third kappa shape index (κ3) is 2.81. The van der Waals surface area contributed by atoms with Crippen molar-refractivity contribution in [3.8, 4) is 11.8 Å². The van der Waals surface area contributed by atoms with E-state index < -0.39 is 0 Å². The molecule has 1 aromatic heterocycles. The molecule has 0 radical (unpaired) electrons. The van der Waals surface area contributed by atoms with Gasteiger partial charge in [-0.05, 0) is 24.3 Å². The molecule has 2 aromatic rings. The molecular formula is C15H14N2O3. The number of hydrogen-bond acceptors (Lipinski definition) is 4. The fourth-order valence-electron chi connectivity index (χ4n) is 1.74. The first-order valence-electron chi connectivity index (χ1n) is 6.16. The maximum Gasteiger partial charge on any atom is 0.291 e. The van der Waals surface area contributed by atoms with Crippen LogP contribution < -0.4 is 10.1 Å². The molecule has 0 saturated carbocycles. The average Bonchev–Trinajstić information content (AvgIpc) is 2.96. The number of nitrogens with zero attached hydrogens (tertiary/aromatic N) is 1. The number of methoxy groups -OCH3 is 1. The van der Waals surface area contributed by atoms with Crippen molar-refractivity contribution < 1.29 is 13.9 Å². The second kappa shape index (κ2) is 5.93. The van der Waals surface area contributed by atoms with Crippen LogP contribution in [0.25, 0.3) is 0 Å². The molecule has 0 atom stereocenters. The Bertz CT molecular complexity index is 668. The van der Waals surface area contributed by atoms with Gasteiger partial charge in [-0.1, -0.05) is 6.92 Å². The molecule has 0 saturated heterocycles. The summed E-state index contributed by atoms with van der Waals surface area (Å²) in [7, 11) is 1.48. The molecule has 0 fully saturated rings. The van der Waals surface area contributed by atoms with E-state index in [0.29, 0.717) is 17.0 Å². The molecule has 1 heterocycles. The van der Waals surface area contributed by atoms with Crippen LogP contribution in [0.4, 0.5) is 5.69 Å².